The lowest BCUT2D eigenvalue weighted by molar-refractivity contribution is 0.0661. The van der Waals surface area contributed by atoms with Crippen LogP contribution in [0.2, 0.25) is 0 Å². The average molecular weight is 286 g/mol. The monoisotopic (exact) mass is 286 g/mol. The second-order valence-corrected chi connectivity index (χ2v) is 5.46. The quantitative estimate of drug-likeness (QED) is 0.761. The molecule has 2 aromatic heterocycles. The maximum absolute atomic E-state index is 12.5. The van der Waals surface area contributed by atoms with Crippen molar-refractivity contribution < 1.29 is 4.79 Å². The van der Waals surface area contributed by atoms with Gasteiger partial charge in [0.25, 0.3) is 11.5 Å². The number of aromatic nitrogens is 2. The molecule has 1 amide bonds. The minimum absolute atomic E-state index is 0.141. The first kappa shape index (κ1) is 13.8. The SMILES string of the molecule is Cc1cccn2c(=O)c(C(=O)N3CCN(C)CC3)cnc12. The molecule has 3 rings (SSSR count). The Kier molecular flexibility index (Phi) is 3.47. The topological polar surface area (TPSA) is 57.9 Å². The second-order valence-electron chi connectivity index (χ2n) is 5.46. The van der Waals surface area contributed by atoms with E-state index in [1.807, 2.05) is 20.0 Å². The number of hydrogen-bond acceptors (Lipinski definition) is 4. The van der Waals surface area contributed by atoms with Gasteiger partial charge in [-0.1, -0.05) is 6.07 Å². The van der Waals surface area contributed by atoms with E-state index in [9.17, 15) is 9.59 Å². The zero-order chi connectivity index (χ0) is 15.0. The van der Waals surface area contributed by atoms with Gasteiger partial charge in [-0.05, 0) is 25.6 Å². The fourth-order valence-electron chi connectivity index (χ4n) is 2.57. The fourth-order valence-corrected chi connectivity index (χ4v) is 2.57. The molecule has 1 saturated heterocycles. The van der Waals surface area contributed by atoms with Gasteiger partial charge in [0, 0.05) is 38.6 Å². The standard InChI is InChI=1S/C15H18N4O2/c1-11-4-3-5-19-13(11)16-10-12(15(19)21)14(20)18-8-6-17(2)7-9-18/h3-5,10H,6-9H2,1-2H3. The third-order valence-corrected chi connectivity index (χ3v) is 3.95. The highest BCUT2D eigenvalue weighted by molar-refractivity contribution is 5.93. The third kappa shape index (κ3) is 2.42. The first-order valence-electron chi connectivity index (χ1n) is 7.03. The molecule has 0 atom stereocenters. The van der Waals surface area contributed by atoms with Crippen molar-refractivity contribution in [1.29, 1.82) is 0 Å². The number of rotatable bonds is 1. The van der Waals surface area contributed by atoms with E-state index in [1.54, 1.807) is 17.2 Å². The molecule has 0 bridgehead atoms. The lowest BCUT2D eigenvalue weighted by Crippen LogP contribution is -2.48. The molecular formula is C15H18N4O2. The summed E-state index contributed by atoms with van der Waals surface area (Å²) in [5, 5.41) is 0. The average Bonchev–Trinajstić information content (AvgIpc) is 2.49. The van der Waals surface area contributed by atoms with E-state index < -0.39 is 0 Å². The molecule has 0 radical (unpaired) electrons. The number of likely N-dealkylation sites (N-methyl/N-ethyl adjacent to an activating group) is 1. The molecule has 1 aliphatic rings. The van der Waals surface area contributed by atoms with Gasteiger partial charge in [0.1, 0.15) is 11.2 Å². The van der Waals surface area contributed by atoms with Gasteiger partial charge >= 0.3 is 0 Å². The molecule has 1 aliphatic heterocycles. The van der Waals surface area contributed by atoms with Gasteiger partial charge < -0.3 is 9.80 Å². The van der Waals surface area contributed by atoms with Gasteiger partial charge in [-0.25, -0.2) is 4.98 Å². The number of carbonyl (C=O) groups excluding carboxylic acids is 1. The molecule has 0 saturated carbocycles. The van der Waals surface area contributed by atoms with E-state index in [-0.39, 0.29) is 17.0 Å². The van der Waals surface area contributed by atoms with Crippen LogP contribution in [-0.4, -0.2) is 58.3 Å². The Hall–Kier alpha value is -2.21. The maximum atomic E-state index is 12.5. The van der Waals surface area contributed by atoms with E-state index in [4.69, 9.17) is 0 Å². The molecule has 0 N–H and O–H groups in total. The number of nitrogens with zero attached hydrogens (tertiary/aromatic N) is 4. The Bertz CT molecular complexity index is 745. The lowest BCUT2D eigenvalue weighted by atomic mass is 10.2. The van der Waals surface area contributed by atoms with Crippen molar-refractivity contribution in [2.45, 2.75) is 6.92 Å². The van der Waals surface area contributed by atoms with E-state index in [0.717, 1.165) is 18.7 Å². The normalized spacial score (nSPS) is 16.4. The highest BCUT2D eigenvalue weighted by atomic mass is 16.2. The number of hydrogen-bond donors (Lipinski definition) is 0. The van der Waals surface area contributed by atoms with Crippen LogP contribution in [0.25, 0.3) is 5.65 Å². The zero-order valence-electron chi connectivity index (χ0n) is 12.2. The molecule has 0 unspecified atom stereocenters. The Morgan fingerprint density at radius 1 is 1.24 bits per heavy atom. The lowest BCUT2D eigenvalue weighted by Gasteiger charge is -2.32. The van der Waals surface area contributed by atoms with Gasteiger partial charge in [0.15, 0.2) is 0 Å². The summed E-state index contributed by atoms with van der Waals surface area (Å²) in [6.07, 6.45) is 3.06. The highest BCUT2D eigenvalue weighted by Gasteiger charge is 2.23. The van der Waals surface area contributed by atoms with Crippen molar-refractivity contribution in [2.75, 3.05) is 33.2 Å². The predicted octanol–water partition coefficient (Wildman–Crippen LogP) is 0.391. The molecule has 0 aromatic carbocycles. The van der Waals surface area contributed by atoms with Gasteiger partial charge in [-0.2, -0.15) is 0 Å². The number of carbonyl (C=O) groups is 1. The molecule has 2 aromatic rings. The van der Waals surface area contributed by atoms with E-state index in [2.05, 4.69) is 9.88 Å². The summed E-state index contributed by atoms with van der Waals surface area (Å²) < 4.78 is 1.44. The van der Waals surface area contributed by atoms with Crippen LogP contribution in [0.3, 0.4) is 0 Å². The number of fused-ring (bicyclic) bond motifs is 1. The number of aryl methyl sites for hydroxylation is 1. The predicted molar refractivity (Wildman–Crippen MR) is 79.6 cm³/mol. The molecule has 0 aliphatic carbocycles. The fraction of sp³-hybridized carbons (Fsp3) is 0.400. The van der Waals surface area contributed by atoms with Crippen LogP contribution < -0.4 is 5.56 Å². The molecule has 6 heteroatoms. The van der Waals surface area contributed by atoms with Gasteiger partial charge in [-0.3, -0.25) is 14.0 Å². The van der Waals surface area contributed by atoms with E-state index >= 15 is 0 Å². The van der Waals surface area contributed by atoms with Gasteiger partial charge in [0.2, 0.25) is 0 Å². The minimum Gasteiger partial charge on any atom is -0.336 e. The largest absolute Gasteiger partial charge is 0.336 e. The summed E-state index contributed by atoms with van der Waals surface area (Å²) in [6.45, 7) is 4.83. The Balaban J connectivity index is 1.99. The molecule has 3 heterocycles. The van der Waals surface area contributed by atoms with Crippen LogP contribution in [-0.2, 0) is 0 Å². The summed E-state index contributed by atoms with van der Waals surface area (Å²) in [5.41, 5.74) is 1.35. The van der Waals surface area contributed by atoms with Crippen molar-refractivity contribution in [2.24, 2.45) is 0 Å². The Morgan fingerprint density at radius 2 is 1.95 bits per heavy atom. The number of pyridine rings is 1. The number of amides is 1. The Labute approximate surface area is 122 Å². The molecule has 110 valence electrons. The van der Waals surface area contributed by atoms with Crippen molar-refractivity contribution in [3.8, 4) is 0 Å². The molecule has 0 spiro atoms. The summed E-state index contributed by atoms with van der Waals surface area (Å²) >= 11 is 0. The van der Waals surface area contributed by atoms with Crippen LogP contribution in [0, 0.1) is 6.92 Å². The van der Waals surface area contributed by atoms with Crippen LogP contribution in [0.1, 0.15) is 15.9 Å². The minimum atomic E-state index is -0.298. The first-order valence-corrected chi connectivity index (χ1v) is 7.03. The van der Waals surface area contributed by atoms with Gasteiger partial charge in [0.05, 0.1) is 0 Å². The summed E-state index contributed by atoms with van der Waals surface area (Å²) in [7, 11) is 2.02. The van der Waals surface area contributed by atoms with Gasteiger partial charge in [-0.15, -0.1) is 0 Å². The first-order chi connectivity index (χ1) is 10.1. The summed E-state index contributed by atoms with van der Waals surface area (Å²) in [6, 6.07) is 3.68. The van der Waals surface area contributed by atoms with E-state index in [1.165, 1.54) is 10.6 Å². The van der Waals surface area contributed by atoms with Crippen molar-refractivity contribution in [3.63, 3.8) is 0 Å². The maximum Gasteiger partial charge on any atom is 0.270 e. The zero-order valence-corrected chi connectivity index (χ0v) is 12.2. The van der Waals surface area contributed by atoms with Crippen LogP contribution in [0.15, 0.2) is 29.3 Å². The van der Waals surface area contributed by atoms with Crippen LogP contribution >= 0.6 is 0 Å². The van der Waals surface area contributed by atoms with E-state index in [0.29, 0.717) is 18.7 Å². The molecule has 21 heavy (non-hydrogen) atoms. The summed E-state index contributed by atoms with van der Waals surface area (Å²) in [5.74, 6) is -0.225. The third-order valence-electron chi connectivity index (χ3n) is 3.95. The smallest absolute Gasteiger partial charge is 0.270 e. The molecule has 1 fully saturated rings. The summed E-state index contributed by atoms with van der Waals surface area (Å²) in [4.78, 5) is 33.2. The number of piperazine rings is 1. The van der Waals surface area contributed by atoms with Crippen LogP contribution in [0.4, 0.5) is 0 Å². The van der Waals surface area contributed by atoms with Crippen molar-refractivity contribution in [3.05, 3.63) is 46.0 Å². The van der Waals surface area contributed by atoms with Crippen LogP contribution in [0.5, 0.6) is 0 Å². The van der Waals surface area contributed by atoms with Crippen molar-refractivity contribution in [1.82, 2.24) is 19.2 Å². The molecular weight excluding hydrogens is 268 g/mol. The Morgan fingerprint density at radius 3 is 2.67 bits per heavy atom. The molecule has 6 nitrogen and oxygen atoms in total. The van der Waals surface area contributed by atoms with Crippen molar-refractivity contribution >= 4 is 11.6 Å². The second kappa shape index (κ2) is 5.29. The highest BCUT2D eigenvalue weighted by Crippen LogP contribution is 2.08.